The predicted molar refractivity (Wildman–Crippen MR) is 129 cm³/mol. The molecule has 0 spiro atoms. The zero-order valence-corrected chi connectivity index (χ0v) is 19.2. The summed E-state index contributed by atoms with van der Waals surface area (Å²) < 4.78 is 5.53. The van der Waals surface area contributed by atoms with Gasteiger partial charge in [0.15, 0.2) is 0 Å². The van der Waals surface area contributed by atoms with Crippen molar-refractivity contribution < 1.29 is 19.1 Å². The zero-order chi connectivity index (χ0) is 23.6. The third-order valence-electron chi connectivity index (χ3n) is 5.54. The Hall–Kier alpha value is -3.39. The number of ether oxygens (including phenoxy) is 1. The number of benzene rings is 2. The van der Waals surface area contributed by atoms with Crippen LogP contribution in [0.3, 0.4) is 0 Å². The Balaban J connectivity index is 1.51. The molecule has 1 aliphatic rings. The van der Waals surface area contributed by atoms with Crippen LogP contribution in [0.5, 0.6) is 0 Å². The van der Waals surface area contributed by atoms with Crippen molar-refractivity contribution in [1.82, 2.24) is 10.2 Å². The third-order valence-corrected chi connectivity index (χ3v) is 5.54. The first-order valence-electron chi connectivity index (χ1n) is 11.4. The molecule has 3 amide bonds. The Labute approximate surface area is 194 Å². The van der Waals surface area contributed by atoms with E-state index in [1.807, 2.05) is 13.8 Å². The van der Waals surface area contributed by atoms with E-state index in [0.29, 0.717) is 42.1 Å². The molecule has 3 rings (SSSR count). The van der Waals surface area contributed by atoms with Gasteiger partial charge in [0.05, 0.1) is 12.6 Å². The van der Waals surface area contributed by atoms with Crippen LogP contribution in [-0.4, -0.2) is 61.5 Å². The van der Waals surface area contributed by atoms with Crippen LogP contribution >= 0.6 is 0 Å². The van der Waals surface area contributed by atoms with E-state index in [9.17, 15) is 14.4 Å². The Morgan fingerprint density at radius 2 is 1.70 bits per heavy atom. The van der Waals surface area contributed by atoms with Crippen LogP contribution in [0.15, 0.2) is 48.5 Å². The summed E-state index contributed by atoms with van der Waals surface area (Å²) in [5.41, 5.74) is 2.27. The molecule has 1 heterocycles. The number of anilines is 2. The average molecular weight is 453 g/mol. The Morgan fingerprint density at radius 1 is 1.00 bits per heavy atom. The van der Waals surface area contributed by atoms with Gasteiger partial charge in [0.1, 0.15) is 0 Å². The van der Waals surface area contributed by atoms with Crippen LogP contribution in [0.4, 0.5) is 11.4 Å². The summed E-state index contributed by atoms with van der Waals surface area (Å²) in [6.07, 6.45) is 2.07. The number of nitrogens with one attached hydrogen (secondary N) is 3. The van der Waals surface area contributed by atoms with E-state index in [4.69, 9.17) is 4.74 Å². The first kappa shape index (κ1) is 24.3. The largest absolute Gasteiger partial charge is 0.376 e. The van der Waals surface area contributed by atoms with E-state index in [1.165, 1.54) is 0 Å². The van der Waals surface area contributed by atoms with E-state index in [-0.39, 0.29) is 30.4 Å². The van der Waals surface area contributed by atoms with Crippen molar-refractivity contribution in [2.75, 3.05) is 43.4 Å². The maximum atomic E-state index is 12.5. The number of rotatable bonds is 10. The summed E-state index contributed by atoms with van der Waals surface area (Å²) in [6, 6.07) is 13.9. The molecule has 176 valence electrons. The van der Waals surface area contributed by atoms with Crippen molar-refractivity contribution in [2.45, 2.75) is 32.8 Å². The lowest BCUT2D eigenvalue weighted by atomic mass is 10.1. The number of carbonyl (C=O) groups is 3. The summed E-state index contributed by atoms with van der Waals surface area (Å²) in [6.45, 7) is 6.38. The number of carbonyl (C=O) groups excluding carboxylic acids is 3. The van der Waals surface area contributed by atoms with Gasteiger partial charge in [-0.05, 0) is 63.1 Å². The van der Waals surface area contributed by atoms with E-state index in [0.717, 1.165) is 19.4 Å². The summed E-state index contributed by atoms with van der Waals surface area (Å²) in [5.74, 6) is -0.493. The van der Waals surface area contributed by atoms with E-state index < -0.39 is 0 Å². The van der Waals surface area contributed by atoms with Gasteiger partial charge in [0, 0.05) is 48.7 Å². The lowest BCUT2D eigenvalue weighted by Gasteiger charge is -2.19. The lowest BCUT2D eigenvalue weighted by molar-refractivity contribution is -0.114. The number of nitrogens with zero attached hydrogens (tertiary/aromatic N) is 1. The lowest BCUT2D eigenvalue weighted by Crippen LogP contribution is -2.31. The van der Waals surface area contributed by atoms with Crippen LogP contribution in [-0.2, 0) is 9.53 Å². The van der Waals surface area contributed by atoms with Crippen molar-refractivity contribution >= 4 is 29.1 Å². The molecule has 0 bridgehead atoms. The van der Waals surface area contributed by atoms with E-state index >= 15 is 0 Å². The molecule has 1 aliphatic heterocycles. The van der Waals surface area contributed by atoms with Crippen molar-refractivity contribution in [1.29, 1.82) is 0 Å². The van der Waals surface area contributed by atoms with Crippen LogP contribution in [0.2, 0.25) is 0 Å². The standard InChI is InChI=1S/C25H32N4O4/c1-3-29(4-2)25(32)19-9-6-11-21(15-19)28-23(30)17-26-20-10-5-8-18(14-20)24(31)27-16-22-12-7-13-33-22/h5-6,8-11,14-15,22,26H,3-4,7,12-13,16-17H2,1-2H3,(H,27,31)(H,28,30). The Morgan fingerprint density at radius 3 is 2.39 bits per heavy atom. The van der Waals surface area contributed by atoms with Crippen molar-refractivity contribution in [3.8, 4) is 0 Å². The average Bonchev–Trinajstić information content (AvgIpc) is 3.36. The fourth-order valence-electron chi connectivity index (χ4n) is 3.70. The summed E-state index contributed by atoms with van der Waals surface area (Å²) in [7, 11) is 0. The molecule has 0 aromatic heterocycles. The van der Waals surface area contributed by atoms with Gasteiger partial charge in [-0.3, -0.25) is 14.4 Å². The minimum atomic E-state index is -0.254. The first-order valence-corrected chi connectivity index (χ1v) is 11.4. The maximum absolute atomic E-state index is 12.5. The molecule has 1 atom stereocenters. The summed E-state index contributed by atoms with van der Waals surface area (Å²) >= 11 is 0. The number of hydrogen-bond acceptors (Lipinski definition) is 5. The highest BCUT2D eigenvalue weighted by Gasteiger charge is 2.17. The SMILES string of the molecule is CCN(CC)C(=O)c1cccc(NC(=O)CNc2cccc(C(=O)NCC3CCCO3)c2)c1. The van der Waals surface area contributed by atoms with Gasteiger partial charge in [0.25, 0.3) is 11.8 Å². The second kappa shape index (κ2) is 12.0. The van der Waals surface area contributed by atoms with Gasteiger partial charge in [0.2, 0.25) is 5.91 Å². The normalized spacial score (nSPS) is 15.0. The van der Waals surface area contributed by atoms with Gasteiger partial charge in [-0.25, -0.2) is 0 Å². The minimum Gasteiger partial charge on any atom is -0.376 e. The molecule has 2 aromatic rings. The topological polar surface area (TPSA) is 99.8 Å². The molecule has 1 saturated heterocycles. The molecular weight excluding hydrogens is 420 g/mol. The van der Waals surface area contributed by atoms with Crippen LogP contribution < -0.4 is 16.0 Å². The van der Waals surface area contributed by atoms with E-state index in [2.05, 4.69) is 16.0 Å². The molecule has 3 N–H and O–H groups in total. The fraction of sp³-hybridized carbons (Fsp3) is 0.400. The fourth-order valence-corrected chi connectivity index (χ4v) is 3.70. The molecule has 1 fully saturated rings. The molecule has 33 heavy (non-hydrogen) atoms. The molecule has 0 aliphatic carbocycles. The van der Waals surface area contributed by atoms with Crippen molar-refractivity contribution in [2.24, 2.45) is 0 Å². The molecule has 0 radical (unpaired) electrons. The van der Waals surface area contributed by atoms with Crippen LogP contribution in [0, 0.1) is 0 Å². The molecule has 8 nitrogen and oxygen atoms in total. The number of amides is 3. The zero-order valence-electron chi connectivity index (χ0n) is 19.2. The molecule has 0 saturated carbocycles. The quantitative estimate of drug-likeness (QED) is 0.514. The van der Waals surface area contributed by atoms with Gasteiger partial charge < -0.3 is 25.6 Å². The molecule has 1 unspecified atom stereocenters. The van der Waals surface area contributed by atoms with Gasteiger partial charge >= 0.3 is 0 Å². The summed E-state index contributed by atoms with van der Waals surface area (Å²) in [4.78, 5) is 39.1. The first-order chi connectivity index (χ1) is 16.0. The second-order valence-corrected chi connectivity index (χ2v) is 7.89. The van der Waals surface area contributed by atoms with Gasteiger partial charge in [-0.1, -0.05) is 12.1 Å². The Kier molecular flexibility index (Phi) is 8.83. The van der Waals surface area contributed by atoms with Crippen molar-refractivity contribution in [3.05, 3.63) is 59.7 Å². The summed E-state index contributed by atoms with van der Waals surface area (Å²) in [5, 5.41) is 8.74. The smallest absolute Gasteiger partial charge is 0.253 e. The van der Waals surface area contributed by atoms with Gasteiger partial charge in [-0.2, -0.15) is 0 Å². The Bertz CT molecular complexity index is 968. The molecule has 2 aromatic carbocycles. The van der Waals surface area contributed by atoms with E-state index in [1.54, 1.807) is 53.4 Å². The highest BCUT2D eigenvalue weighted by atomic mass is 16.5. The predicted octanol–water partition coefficient (Wildman–Crippen LogP) is 3.13. The molecule has 8 heteroatoms. The van der Waals surface area contributed by atoms with Crippen LogP contribution in [0.25, 0.3) is 0 Å². The highest BCUT2D eigenvalue weighted by Crippen LogP contribution is 2.15. The second-order valence-electron chi connectivity index (χ2n) is 7.89. The molecular formula is C25H32N4O4. The highest BCUT2D eigenvalue weighted by molar-refractivity contribution is 5.98. The third kappa shape index (κ3) is 7.05. The van der Waals surface area contributed by atoms with Crippen LogP contribution in [0.1, 0.15) is 47.4 Å². The maximum Gasteiger partial charge on any atom is 0.253 e. The monoisotopic (exact) mass is 452 g/mol. The number of hydrogen-bond donors (Lipinski definition) is 3. The van der Waals surface area contributed by atoms with Gasteiger partial charge in [-0.15, -0.1) is 0 Å². The minimum absolute atomic E-state index is 0.0230. The van der Waals surface area contributed by atoms with Crippen molar-refractivity contribution in [3.63, 3.8) is 0 Å².